The normalized spacial score (nSPS) is 21.7. The number of carbonyl (C=O) groups is 3. The minimum absolute atomic E-state index is 0.0384. The van der Waals surface area contributed by atoms with Crippen molar-refractivity contribution >= 4 is 18.0 Å². The lowest BCUT2D eigenvalue weighted by molar-refractivity contribution is -0.150. The van der Waals surface area contributed by atoms with Gasteiger partial charge in [-0.1, -0.05) is 30.3 Å². The molecule has 1 aliphatic rings. The first kappa shape index (κ1) is 23.7. The summed E-state index contributed by atoms with van der Waals surface area (Å²) in [5.74, 6) is -1.04. The number of hydrogen-bond acceptors (Lipinski definition) is 7. The standard InChI is InChI=1S/C22H32N2O6/c1-6-28-18(25)17-13-22(19(26)29-7-2,23-20(27)30-21(3,4)5)15-24(17)14-16-11-9-8-10-12-16/h8-12,17H,6-7,13-15H2,1-5H3,(H,23,27)/t17-,22-/m1/s1. The van der Waals surface area contributed by atoms with Crippen LogP contribution in [-0.2, 0) is 30.3 Å². The van der Waals surface area contributed by atoms with Crippen molar-refractivity contribution in [3.8, 4) is 0 Å². The van der Waals surface area contributed by atoms with Crippen molar-refractivity contribution in [2.75, 3.05) is 19.8 Å². The molecule has 0 unspecified atom stereocenters. The van der Waals surface area contributed by atoms with Crippen LogP contribution in [0.5, 0.6) is 0 Å². The second-order valence-corrected chi connectivity index (χ2v) is 8.29. The number of rotatable bonds is 7. The van der Waals surface area contributed by atoms with Crippen LogP contribution in [0.1, 0.15) is 46.6 Å². The number of esters is 2. The van der Waals surface area contributed by atoms with Crippen LogP contribution in [0.25, 0.3) is 0 Å². The molecule has 166 valence electrons. The molecule has 0 aliphatic carbocycles. The molecule has 2 rings (SSSR count). The van der Waals surface area contributed by atoms with Gasteiger partial charge < -0.3 is 19.5 Å². The molecule has 1 saturated heterocycles. The molecule has 30 heavy (non-hydrogen) atoms. The Bertz CT molecular complexity index is 746. The quantitative estimate of drug-likeness (QED) is 0.535. The predicted molar refractivity (Wildman–Crippen MR) is 111 cm³/mol. The van der Waals surface area contributed by atoms with Gasteiger partial charge in [0, 0.05) is 19.5 Å². The molecule has 1 N–H and O–H groups in total. The number of likely N-dealkylation sites (tertiary alicyclic amines) is 1. The summed E-state index contributed by atoms with van der Waals surface area (Å²) in [4.78, 5) is 39.9. The maximum absolute atomic E-state index is 12.9. The lowest BCUT2D eigenvalue weighted by atomic mass is 9.96. The highest BCUT2D eigenvalue weighted by molar-refractivity contribution is 5.89. The highest BCUT2D eigenvalue weighted by atomic mass is 16.6. The molecule has 0 radical (unpaired) electrons. The van der Waals surface area contributed by atoms with Crippen LogP contribution in [0.3, 0.4) is 0 Å². The third kappa shape index (κ3) is 6.19. The molecule has 1 fully saturated rings. The molecule has 2 atom stereocenters. The van der Waals surface area contributed by atoms with Crippen LogP contribution in [0.2, 0.25) is 0 Å². The molecule has 0 saturated carbocycles. The molecular formula is C22H32N2O6. The van der Waals surface area contributed by atoms with E-state index in [9.17, 15) is 14.4 Å². The molecule has 1 amide bonds. The van der Waals surface area contributed by atoms with Gasteiger partial charge in [-0.05, 0) is 40.2 Å². The van der Waals surface area contributed by atoms with Crippen LogP contribution in [0, 0.1) is 0 Å². The van der Waals surface area contributed by atoms with E-state index in [0.717, 1.165) is 5.56 Å². The third-order valence-electron chi connectivity index (χ3n) is 4.65. The van der Waals surface area contributed by atoms with Crippen LogP contribution >= 0.6 is 0 Å². The zero-order chi connectivity index (χ0) is 22.4. The molecule has 8 nitrogen and oxygen atoms in total. The zero-order valence-electron chi connectivity index (χ0n) is 18.4. The van der Waals surface area contributed by atoms with Gasteiger partial charge in [-0.2, -0.15) is 0 Å². The van der Waals surface area contributed by atoms with E-state index in [1.807, 2.05) is 35.2 Å². The fourth-order valence-electron chi connectivity index (χ4n) is 3.49. The molecule has 1 heterocycles. The van der Waals surface area contributed by atoms with Crippen LogP contribution < -0.4 is 5.32 Å². The van der Waals surface area contributed by atoms with E-state index in [1.165, 1.54) is 0 Å². The molecule has 0 aromatic heterocycles. The monoisotopic (exact) mass is 420 g/mol. The maximum atomic E-state index is 12.9. The van der Waals surface area contributed by atoms with E-state index in [4.69, 9.17) is 14.2 Å². The van der Waals surface area contributed by atoms with Crippen LogP contribution in [0.4, 0.5) is 4.79 Å². The summed E-state index contributed by atoms with van der Waals surface area (Å²) < 4.78 is 15.9. The van der Waals surface area contributed by atoms with E-state index in [2.05, 4.69) is 5.32 Å². The SMILES string of the molecule is CCOC(=O)[C@H]1C[C@](NC(=O)OC(C)(C)C)(C(=O)OCC)CN1Cc1ccccc1. The Morgan fingerprint density at radius 1 is 1.10 bits per heavy atom. The van der Waals surface area contributed by atoms with E-state index >= 15 is 0 Å². The Balaban J connectivity index is 2.34. The van der Waals surface area contributed by atoms with Gasteiger partial charge in [-0.3, -0.25) is 9.69 Å². The molecule has 1 aliphatic heterocycles. The van der Waals surface area contributed by atoms with E-state index < -0.39 is 35.2 Å². The van der Waals surface area contributed by atoms with Gasteiger partial charge in [0.2, 0.25) is 0 Å². The van der Waals surface area contributed by atoms with Crippen LogP contribution in [-0.4, -0.2) is 59.9 Å². The molecule has 8 heteroatoms. The Labute approximate surface area is 177 Å². The van der Waals surface area contributed by atoms with E-state index in [1.54, 1.807) is 34.6 Å². The Morgan fingerprint density at radius 2 is 1.73 bits per heavy atom. The molecule has 0 bridgehead atoms. The minimum Gasteiger partial charge on any atom is -0.465 e. The molecule has 0 spiro atoms. The third-order valence-corrected chi connectivity index (χ3v) is 4.65. The zero-order valence-corrected chi connectivity index (χ0v) is 18.4. The first-order chi connectivity index (χ1) is 14.1. The van der Waals surface area contributed by atoms with Gasteiger partial charge in [0.05, 0.1) is 13.2 Å². The minimum atomic E-state index is -1.41. The number of hydrogen-bond donors (Lipinski definition) is 1. The number of benzene rings is 1. The second kappa shape index (κ2) is 9.93. The van der Waals surface area contributed by atoms with Gasteiger partial charge in [-0.15, -0.1) is 0 Å². The maximum Gasteiger partial charge on any atom is 0.408 e. The average molecular weight is 421 g/mol. The van der Waals surface area contributed by atoms with Gasteiger partial charge in [0.15, 0.2) is 5.54 Å². The number of alkyl carbamates (subject to hydrolysis) is 1. The number of carbonyl (C=O) groups excluding carboxylic acids is 3. The number of ether oxygens (including phenoxy) is 3. The van der Waals surface area contributed by atoms with Gasteiger partial charge in [0.1, 0.15) is 11.6 Å². The number of nitrogens with one attached hydrogen (secondary N) is 1. The van der Waals surface area contributed by atoms with Crippen molar-refractivity contribution < 1.29 is 28.6 Å². The predicted octanol–water partition coefficient (Wildman–Crippen LogP) is 2.65. The van der Waals surface area contributed by atoms with Crippen molar-refractivity contribution in [2.24, 2.45) is 0 Å². The fourth-order valence-corrected chi connectivity index (χ4v) is 3.49. The summed E-state index contributed by atoms with van der Waals surface area (Å²) >= 11 is 0. The van der Waals surface area contributed by atoms with E-state index in [0.29, 0.717) is 6.54 Å². The fraction of sp³-hybridized carbons (Fsp3) is 0.591. The Kier molecular flexibility index (Phi) is 7.83. The molecule has 1 aromatic rings. The van der Waals surface area contributed by atoms with Crippen molar-refractivity contribution in [2.45, 2.75) is 64.8 Å². The van der Waals surface area contributed by atoms with Gasteiger partial charge in [-0.25, -0.2) is 9.59 Å². The summed E-state index contributed by atoms with van der Waals surface area (Å²) in [5, 5.41) is 2.69. The lowest BCUT2D eigenvalue weighted by Gasteiger charge is -2.29. The Hall–Kier alpha value is -2.61. The van der Waals surface area contributed by atoms with Gasteiger partial charge >= 0.3 is 18.0 Å². The summed E-state index contributed by atoms with van der Waals surface area (Å²) in [6.07, 6.45) is -0.698. The summed E-state index contributed by atoms with van der Waals surface area (Å²) in [7, 11) is 0. The number of amides is 1. The van der Waals surface area contributed by atoms with Crippen molar-refractivity contribution in [3.05, 3.63) is 35.9 Å². The lowest BCUT2D eigenvalue weighted by Crippen LogP contribution is -2.57. The van der Waals surface area contributed by atoms with Crippen LogP contribution in [0.15, 0.2) is 30.3 Å². The number of nitrogens with zero attached hydrogens (tertiary/aromatic N) is 1. The smallest absolute Gasteiger partial charge is 0.408 e. The molecular weight excluding hydrogens is 388 g/mol. The van der Waals surface area contributed by atoms with Crippen molar-refractivity contribution in [1.29, 1.82) is 0 Å². The van der Waals surface area contributed by atoms with Crippen molar-refractivity contribution in [1.82, 2.24) is 10.2 Å². The first-order valence-corrected chi connectivity index (χ1v) is 10.2. The topological polar surface area (TPSA) is 94.2 Å². The summed E-state index contributed by atoms with van der Waals surface area (Å²) in [6.45, 7) is 9.53. The van der Waals surface area contributed by atoms with Crippen molar-refractivity contribution in [3.63, 3.8) is 0 Å². The largest absolute Gasteiger partial charge is 0.465 e. The summed E-state index contributed by atoms with van der Waals surface area (Å²) in [5.41, 5.74) is -1.17. The second-order valence-electron chi connectivity index (χ2n) is 8.29. The highest BCUT2D eigenvalue weighted by Crippen LogP contribution is 2.31. The molecule has 1 aromatic carbocycles. The van der Waals surface area contributed by atoms with Gasteiger partial charge in [0.25, 0.3) is 0 Å². The highest BCUT2D eigenvalue weighted by Gasteiger charge is 2.54. The first-order valence-electron chi connectivity index (χ1n) is 10.2. The summed E-state index contributed by atoms with van der Waals surface area (Å²) in [6, 6.07) is 8.89. The van der Waals surface area contributed by atoms with E-state index in [-0.39, 0.29) is 26.2 Å². The Morgan fingerprint density at radius 3 is 2.30 bits per heavy atom. The average Bonchev–Trinajstić information content (AvgIpc) is 3.00.